The highest BCUT2D eigenvalue weighted by molar-refractivity contribution is 5.75. The number of hydrogen-bond acceptors (Lipinski definition) is 3. The average Bonchev–Trinajstić information content (AvgIpc) is 2.13. The molecule has 3 nitrogen and oxygen atoms in total. The molecule has 1 atom stereocenters. The third kappa shape index (κ3) is 1.65. The second kappa shape index (κ2) is 3.46. The Hall–Kier alpha value is -0.570. The zero-order valence-electron chi connectivity index (χ0n) is 9.95. The Balaban J connectivity index is 1.76. The highest BCUT2D eigenvalue weighted by atomic mass is 16.6. The number of carbonyl (C=O) groups excluding carboxylic acids is 1. The van der Waals surface area contributed by atoms with Crippen molar-refractivity contribution < 1.29 is 9.53 Å². The minimum absolute atomic E-state index is 0.126. The molecule has 3 heteroatoms. The minimum Gasteiger partial charge on any atom is -0.458 e. The highest BCUT2D eigenvalue weighted by Crippen LogP contribution is 2.57. The smallest absolute Gasteiger partial charge is 0.323 e. The van der Waals surface area contributed by atoms with E-state index in [1.54, 1.807) is 6.92 Å². The van der Waals surface area contributed by atoms with E-state index in [-0.39, 0.29) is 11.6 Å². The summed E-state index contributed by atoms with van der Waals surface area (Å²) in [6, 6.07) is -0.479. The summed E-state index contributed by atoms with van der Waals surface area (Å²) in [4.78, 5) is 11.7. The van der Waals surface area contributed by atoms with Crippen LogP contribution in [0.3, 0.4) is 0 Å². The summed E-state index contributed by atoms with van der Waals surface area (Å²) in [5.74, 6) is 2.23. The monoisotopic (exact) mass is 223 g/mol. The third-order valence-electron chi connectivity index (χ3n) is 4.67. The summed E-state index contributed by atoms with van der Waals surface area (Å²) >= 11 is 0. The van der Waals surface area contributed by atoms with Crippen molar-refractivity contribution in [3.05, 3.63) is 0 Å². The summed E-state index contributed by atoms with van der Waals surface area (Å²) in [6.07, 6.45) is 7.39. The molecule has 4 aliphatic rings. The van der Waals surface area contributed by atoms with E-state index in [0.717, 1.165) is 37.0 Å². The standard InChI is InChI=1S/C13H21NO2/c1-8(14)12(15)16-13-5-9-2-10(6-13)4-11(3-9)7-13/h8-11H,2-7,14H2,1H3/t8-,9?,10?,11?,13?/m0/s1. The van der Waals surface area contributed by atoms with Crippen LogP contribution in [-0.4, -0.2) is 17.6 Å². The van der Waals surface area contributed by atoms with Crippen LogP contribution in [0.15, 0.2) is 0 Å². The molecule has 16 heavy (non-hydrogen) atoms. The number of carbonyl (C=O) groups is 1. The van der Waals surface area contributed by atoms with Crippen LogP contribution in [0.2, 0.25) is 0 Å². The summed E-state index contributed by atoms with van der Waals surface area (Å²) in [7, 11) is 0. The van der Waals surface area contributed by atoms with Crippen molar-refractivity contribution in [1.82, 2.24) is 0 Å². The second-order valence-corrected chi connectivity index (χ2v) is 6.31. The van der Waals surface area contributed by atoms with Crippen LogP contribution in [0.25, 0.3) is 0 Å². The van der Waals surface area contributed by atoms with Crippen molar-refractivity contribution in [2.75, 3.05) is 0 Å². The number of nitrogens with two attached hydrogens (primary N) is 1. The lowest BCUT2D eigenvalue weighted by molar-refractivity contribution is -0.187. The number of ether oxygens (including phenoxy) is 1. The molecule has 4 fully saturated rings. The zero-order valence-corrected chi connectivity index (χ0v) is 9.95. The van der Waals surface area contributed by atoms with Crippen molar-refractivity contribution in [2.24, 2.45) is 23.5 Å². The maximum Gasteiger partial charge on any atom is 0.323 e. The molecule has 4 bridgehead atoms. The van der Waals surface area contributed by atoms with E-state index in [2.05, 4.69) is 0 Å². The first-order chi connectivity index (χ1) is 7.56. The minimum atomic E-state index is -0.479. The lowest BCUT2D eigenvalue weighted by Gasteiger charge is -2.55. The van der Waals surface area contributed by atoms with Gasteiger partial charge in [0.15, 0.2) is 0 Å². The van der Waals surface area contributed by atoms with Crippen molar-refractivity contribution in [1.29, 1.82) is 0 Å². The van der Waals surface area contributed by atoms with Crippen LogP contribution in [0.5, 0.6) is 0 Å². The summed E-state index contributed by atoms with van der Waals surface area (Å²) in [5, 5.41) is 0. The van der Waals surface area contributed by atoms with E-state index in [0.29, 0.717) is 0 Å². The summed E-state index contributed by atoms with van der Waals surface area (Å²) in [6.45, 7) is 1.71. The molecule has 0 aliphatic heterocycles. The van der Waals surface area contributed by atoms with E-state index in [1.165, 1.54) is 19.3 Å². The van der Waals surface area contributed by atoms with E-state index in [4.69, 9.17) is 10.5 Å². The van der Waals surface area contributed by atoms with Crippen LogP contribution in [0.1, 0.15) is 45.4 Å². The first kappa shape index (κ1) is 10.6. The first-order valence-electron chi connectivity index (χ1n) is 6.55. The average molecular weight is 223 g/mol. The van der Waals surface area contributed by atoms with Crippen molar-refractivity contribution in [3.63, 3.8) is 0 Å². The van der Waals surface area contributed by atoms with Crippen molar-refractivity contribution in [2.45, 2.75) is 57.1 Å². The van der Waals surface area contributed by atoms with Gasteiger partial charge in [-0.05, 0) is 63.2 Å². The molecule has 4 aliphatic carbocycles. The van der Waals surface area contributed by atoms with Gasteiger partial charge in [0.1, 0.15) is 11.6 Å². The van der Waals surface area contributed by atoms with Gasteiger partial charge in [-0.25, -0.2) is 0 Å². The largest absolute Gasteiger partial charge is 0.458 e. The van der Waals surface area contributed by atoms with E-state index < -0.39 is 6.04 Å². The van der Waals surface area contributed by atoms with E-state index >= 15 is 0 Å². The Morgan fingerprint density at radius 1 is 1.19 bits per heavy atom. The van der Waals surface area contributed by atoms with Crippen LogP contribution in [0, 0.1) is 17.8 Å². The molecule has 4 saturated carbocycles. The number of hydrogen-bond donors (Lipinski definition) is 1. The van der Waals surface area contributed by atoms with E-state index in [1.807, 2.05) is 0 Å². The zero-order chi connectivity index (χ0) is 11.3. The molecule has 0 amide bonds. The Bertz CT molecular complexity index is 276. The van der Waals surface area contributed by atoms with Gasteiger partial charge >= 0.3 is 5.97 Å². The molecular formula is C13H21NO2. The predicted molar refractivity (Wildman–Crippen MR) is 60.6 cm³/mol. The Morgan fingerprint density at radius 3 is 2.00 bits per heavy atom. The van der Waals surface area contributed by atoms with Gasteiger partial charge < -0.3 is 10.5 Å². The second-order valence-electron chi connectivity index (χ2n) is 6.31. The van der Waals surface area contributed by atoms with Gasteiger partial charge in [-0.3, -0.25) is 4.79 Å². The Labute approximate surface area is 96.7 Å². The topological polar surface area (TPSA) is 52.3 Å². The maximum absolute atomic E-state index is 11.7. The van der Waals surface area contributed by atoms with Crippen LogP contribution >= 0.6 is 0 Å². The predicted octanol–water partition coefficient (Wildman–Crippen LogP) is 1.85. The first-order valence-corrected chi connectivity index (χ1v) is 6.55. The van der Waals surface area contributed by atoms with Gasteiger partial charge in [0.05, 0.1) is 0 Å². The van der Waals surface area contributed by atoms with Gasteiger partial charge in [0.25, 0.3) is 0 Å². The SMILES string of the molecule is C[C@H](N)C(=O)OC12CC3CC(CC(C3)C1)C2. The molecule has 0 aromatic heterocycles. The number of esters is 1. The number of rotatable bonds is 2. The lowest BCUT2D eigenvalue weighted by atomic mass is 9.54. The molecule has 0 unspecified atom stereocenters. The normalized spacial score (nSPS) is 46.8. The molecule has 4 rings (SSSR count). The van der Waals surface area contributed by atoms with Crippen molar-refractivity contribution >= 4 is 5.97 Å². The fourth-order valence-corrected chi connectivity index (χ4v) is 4.46. The molecule has 0 spiro atoms. The molecule has 0 saturated heterocycles. The van der Waals surface area contributed by atoms with Gasteiger partial charge in [0, 0.05) is 0 Å². The molecule has 0 heterocycles. The highest BCUT2D eigenvalue weighted by Gasteiger charge is 2.53. The molecular weight excluding hydrogens is 202 g/mol. The summed E-state index contributed by atoms with van der Waals surface area (Å²) in [5.41, 5.74) is 5.47. The van der Waals surface area contributed by atoms with E-state index in [9.17, 15) is 4.79 Å². The molecule has 0 radical (unpaired) electrons. The molecule has 0 aromatic carbocycles. The third-order valence-corrected chi connectivity index (χ3v) is 4.67. The van der Waals surface area contributed by atoms with Crippen LogP contribution in [0.4, 0.5) is 0 Å². The molecule has 90 valence electrons. The van der Waals surface area contributed by atoms with Crippen LogP contribution < -0.4 is 5.73 Å². The Kier molecular flexibility index (Phi) is 2.29. The lowest BCUT2D eigenvalue weighted by Crippen LogP contribution is -2.54. The van der Waals surface area contributed by atoms with Gasteiger partial charge in [-0.1, -0.05) is 0 Å². The van der Waals surface area contributed by atoms with Crippen molar-refractivity contribution in [3.8, 4) is 0 Å². The van der Waals surface area contributed by atoms with Gasteiger partial charge in [0.2, 0.25) is 0 Å². The molecule has 2 N–H and O–H groups in total. The van der Waals surface area contributed by atoms with Gasteiger partial charge in [-0.2, -0.15) is 0 Å². The molecule has 0 aromatic rings. The maximum atomic E-state index is 11.7. The summed E-state index contributed by atoms with van der Waals surface area (Å²) < 4.78 is 5.75. The fourth-order valence-electron chi connectivity index (χ4n) is 4.46. The van der Waals surface area contributed by atoms with Crippen LogP contribution in [-0.2, 0) is 9.53 Å². The Morgan fingerprint density at radius 2 is 1.62 bits per heavy atom. The van der Waals surface area contributed by atoms with Gasteiger partial charge in [-0.15, -0.1) is 0 Å². The quantitative estimate of drug-likeness (QED) is 0.727. The fraction of sp³-hybridized carbons (Fsp3) is 0.923.